The Bertz CT molecular complexity index is 626. The van der Waals surface area contributed by atoms with E-state index in [2.05, 4.69) is 18.1 Å². The van der Waals surface area contributed by atoms with Gasteiger partial charge in [0.1, 0.15) is 0 Å². The Morgan fingerprint density at radius 2 is 1.95 bits per heavy atom. The van der Waals surface area contributed by atoms with Crippen LogP contribution in [-0.4, -0.2) is 40.1 Å². The Morgan fingerprint density at radius 1 is 1.30 bits per heavy atom. The monoisotopic (exact) mass is 273 g/mol. The van der Waals surface area contributed by atoms with Crippen molar-refractivity contribution in [3.8, 4) is 0 Å². The van der Waals surface area contributed by atoms with Gasteiger partial charge in [-0.3, -0.25) is 14.4 Å². The van der Waals surface area contributed by atoms with Gasteiger partial charge in [0.05, 0.1) is 23.2 Å². The van der Waals surface area contributed by atoms with E-state index < -0.39 is 5.54 Å². The summed E-state index contributed by atoms with van der Waals surface area (Å²) in [5, 5.41) is 5.68. The van der Waals surface area contributed by atoms with Crippen molar-refractivity contribution in [1.29, 1.82) is 0 Å². The van der Waals surface area contributed by atoms with E-state index >= 15 is 0 Å². The zero-order valence-corrected chi connectivity index (χ0v) is 13.0. The third kappa shape index (κ3) is 2.48. The van der Waals surface area contributed by atoms with Gasteiger partial charge in [0.2, 0.25) is 0 Å². The summed E-state index contributed by atoms with van der Waals surface area (Å²) in [6.07, 6.45) is 0.374. The molecule has 0 aliphatic heterocycles. The topological polar surface area (TPSA) is 38.1 Å². The molecule has 0 unspecified atom stereocenters. The summed E-state index contributed by atoms with van der Waals surface area (Å²) in [4.78, 5) is 14.5. The number of fused-ring (bicyclic) bond motifs is 1. The first-order chi connectivity index (χ1) is 9.37. The van der Waals surface area contributed by atoms with Crippen molar-refractivity contribution in [3.05, 3.63) is 30.0 Å². The molecule has 2 aromatic rings. The van der Waals surface area contributed by atoms with Gasteiger partial charge >= 0.3 is 0 Å². The molecule has 1 heterocycles. The maximum Gasteiger partial charge on any atom is 0.158 e. The largest absolute Gasteiger partial charge is 0.298 e. The zero-order chi connectivity index (χ0) is 14.9. The second kappa shape index (κ2) is 5.37. The van der Waals surface area contributed by atoms with Crippen LogP contribution in [0.15, 0.2) is 24.3 Å². The fraction of sp³-hybridized carbons (Fsp3) is 0.500. The van der Waals surface area contributed by atoms with Crippen molar-refractivity contribution in [2.24, 2.45) is 0 Å². The van der Waals surface area contributed by atoms with Crippen LogP contribution in [0.3, 0.4) is 0 Å². The number of carbonyl (C=O) groups is 1. The smallest absolute Gasteiger partial charge is 0.158 e. The molecule has 0 saturated heterocycles. The van der Waals surface area contributed by atoms with Crippen molar-refractivity contribution in [1.82, 2.24) is 14.7 Å². The van der Waals surface area contributed by atoms with Gasteiger partial charge in [0.25, 0.3) is 0 Å². The second-order valence-electron chi connectivity index (χ2n) is 5.83. The van der Waals surface area contributed by atoms with Crippen LogP contribution in [0.4, 0.5) is 0 Å². The number of hydrogen-bond donors (Lipinski definition) is 0. The molecule has 1 aromatic carbocycles. The van der Waals surface area contributed by atoms with Gasteiger partial charge in [0, 0.05) is 11.9 Å². The normalized spacial score (nSPS) is 12.3. The van der Waals surface area contributed by atoms with E-state index in [-0.39, 0.29) is 5.78 Å². The van der Waals surface area contributed by atoms with Gasteiger partial charge in [-0.05, 0) is 40.9 Å². The molecule has 2 rings (SSSR count). The van der Waals surface area contributed by atoms with Crippen LogP contribution >= 0.6 is 0 Å². The molecule has 0 radical (unpaired) electrons. The van der Waals surface area contributed by atoms with Gasteiger partial charge in [-0.25, -0.2) is 0 Å². The van der Waals surface area contributed by atoms with E-state index in [1.807, 2.05) is 55.7 Å². The molecule has 0 saturated carbocycles. The van der Waals surface area contributed by atoms with Crippen molar-refractivity contribution >= 4 is 16.7 Å². The molecule has 4 nitrogen and oxygen atoms in total. The molecule has 0 bridgehead atoms. The molecule has 0 aliphatic carbocycles. The molecule has 108 valence electrons. The quantitative estimate of drug-likeness (QED) is 0.840. The fourth-order valence-corrected chi connectivity index (χ4v) is 2.19. The Labute approximate surface area is 120 Å². The minimum absolute atomic E-state index is 0.189. The van der Waals surface area contributed by atoms with E-state index in [0.29, 0.717) is 6.42 Å². The third-order valence-corrected chi connectivity index (χ3v) is 4.16. The highest BCUT2D eigenvalue weighted by Gasteiger charge is 2.30. The summed E-state index contributed by atoms with van der Waals surface area (Å²) in [7, 11) is 3.86. The standard InChI is InChI=1S/C16H23N3O/c1-6-19-14-10-8-7-9-12(14)13(17-19)11-15(20)16(2,3)18(4)5/h7-10H,6,11H2,1-5H3. The van der Waals surface area contributed by atoms with E-state index in [0.717, 1.165) is 23.1 Å². The van der Waals surface area contributed by atoms with Crippen molar-refractivity contribution < 1.29 is 4.79 Å². The highest BCUT2D eigenvalue weighted by molar-refractivity contribution is 5.93. The molecule has 0 N–H and O–H groups in total. The molecule has 0 aliphatic rings. The van der Waals surface area contributed by atoms with Crippen LogP contribution < -0.4 is 0 Å². The Hall–Kier alpha value is -1.68. The van der Waals surface area contributed by atoms with Crippen molar-refractivity contribution in [2.75, 3.05) is 14.1 Å². The summed E-state index contributed by atoms with van der Waals surface area (Å²) >= 11 is 0. The number of Topliss-reactive ketones (excluding diaryl/α,β-unsaturated/α-hetero) is 1. The summed E-state index contributed by atoms with van der Waals surface area (Å²) in [5.41, 5.74) is 1.50. The van der Waals surface area contributed by atoms with Crippen LogP contribution in [0.25, 0.3) is 10.9 Å². The lowest BCUT2D eigenvalue weighted by Crippen LogP contribution is -2.46. The number of aryl methyl sites for hydroxylation is 1. The highest BCUT2D eigenvalue weighted by atomic mass is 16.1. The number of para-hydroxylation sites is 1. The number of carbonyl (C=O) groups excluding carboxylic acids is 1. The van der Waals surface area contributed by atoms with Crippen molar-refractivity contribution in [2.45, 2.75) is 39.3 Å². The predicted octanol–water partition coefficient (Wildman–Crippen LogP) is 2.51. The summed E-state index contributed by atoms with van der Waals surface area (Å²) < 4.78 is 1.96. The summed E-state index contributed by atoms with van der Waals surface area (Å²) in [5.74, 6) is 0.189. The number of rotatable bonds is 5. The van der Waals surface area contributed by atoms with Crippen LogP contribution in [0.5, 0.6) is 0 Å². The van der Waals surface area contributed by atoms with E-state index in [1.54, 1.807) is 0 Å². The van der Waals surface area contributed by atoms with Gasteiger partial charge in [-0.15, -0.1) is 0 Å². The summed E-state index contributed by atoms with van der Waals surface area (Å²) in [6.45, 7) is 6.78. The fourth-order valence-electron chi connectivity index (χ4n) is 2.19. The van der Waals surface area contributed by atoms with Crippen LogP contribution in [-0.2, 0) is 17.8 Å². The Balaban J connectivity index is 2.38. The second-order valence-corrected chi connectivity index (χ2v) is 5.83. The SMILES string of the molecule is CCn1nc(CC(=O)C(C)(C)N(C)C)c2ccccc21. The third-order valence-electron chi connectivity index (χ3n) is 4.16. The zero-order valence-electron chi connectivity index (χ0n) is 13.0. The van der Waals surface area contributed by atoms with Gasteiger partial charge in [-0.2, -0.15) is 5.10 Å². The Morgan fingerprint density at radius 3 is 2.55 bits per heavy atom. The van der Waals surface area contributed by atoms with Gasteiger partial charge < -0.3 is 0 Å². The lowest BCUT2D eigenvalue weighted by molar-refractivity contribution is -0.127. The van der Waals surface area contributed by atoms with Gasteiger partial charge in [-0.1, -0.05) is 18.2 Å². The summed E-state index contributed by atoms with van der Waals surface area (Å²) in [6, 6.07) is 8.09. The molecule has 1 aromatic heterocycles. The van der Waals surface area contributed by atoms with Crippen LogP contribution in [0, 0.1) is 0 Å². The van der Waals surface area contributed by atoms with Crippen LogP contribution in [0.1, 0.15) is 26.5 Å². The molecule has 0 fully saturated rings. The lowest BCUT2D eigenvalue weighted by Gasteiger charge is -2.30. The average molecular weight is 273 g/mol. The molecular weight excluding hydrogens is 250 g/mol. The minimum atomic E-state index is -0.475. The predicted molar refractivity (Wildman–Crippen MR) is 81.9 cm³/mol. The molecule has 0 amide bonds. The lowest BCUT2D eigenvalue weighted by atomic mass is 9.93. The van der Waals surface area contributed by atoms with Crippen LogP contribution in [0.2, 0.25) is 0 Å². The minimum Gasteiger partial charge on any atom is -0.298 e. The maximum atomic E-state index is 12.5. The molecule has 20 heavy (non-hydrogen) atoms. The van der Waals surface area contributed by atoms with Crippen molar-refractivity contribution in [3.63, 3.8) is 0 Å². The first-order valence-electron chi connectivity index (χ1n) is 7.03. The number of nitrogens with zero attached hydrogens (tertiary/aromatic N) is 3. The van der Waals surface area contributed by atoms with Gasteiger partial charge in [0.15, 0.2) is 5.78 Å². The highest BCUT2D eigenvalue weighted by Crippen LogP contribution is 2.21. The number of likely N-dealkylation sites (N-methyl/N-ethyl adjacent to an activating group) is 1. The first kappa shape index (κ1) is 14.7. The molecule has 0 atom stereocenters. The molecular formula is C16H23N3O. The first-order valence-corrected chi connectivity index (χ1v) is 7.03. The van der Waals surface area contributed by atoms with E-state index in [4.69, 9.17) is 0 Å². The molecule has 0 spiro atoms. The van der Waals surface area contributed by atoms with E-state index in [1.165, 1.54) is 0 Å². The number of aromatic nitrogens is 2. The van der Waals surface area contributed by atoms with E-state index in [9.17, 15) is 4.79 Å². The number of hydrogen-bond acceptors (Lipinski definition) is 3. The molecule has 4 heteroatoms. The maximum absolute atomic E-state index is 12.5. The number of benzene rings is 1. The Kier molecular flexibility index (Phi) is 3.95. The number of ketones is 1. The average Bonchev–Trinajstić information content (AvgIpc) is 2.77.